The maximum Gasteiger partial charge on any atom is 0.320 e. The minimum absolute atomic E-state index is 0.0240. The molecule has 0 bridgehead atoms. The van der Waals surface area contributed by atoms with Gasteiger partial charge in [0.2, 0.25) is 5.91 Å². The van der Waals surface area contributed by atoms with E-state index in [4.69, 9.17) is 10.8 Å². The van der Waals surface area contributed by atoms with Crippen LogP contribution in [0.1, 0.15) is 20.8 Å². The minimum Gasteiger partial charge on any atom is -0.481 e. The zero-order chi connectivity index (χ0) is 14.7. The Kier molecular flexibility index (Phi) is 4.74. The van der Waals surface area contributed by atoms with E-state index in [1.54, 1.807) is 25.7 Å². The second-order valence-electron chi connectivity index (χ2n) is 5.26. The number of amides is 3. The summed E-state index contributed by atoms with van der Waals surface area (Å²) < 4.78 is 0. The van der Waals surface area contributed by atoms with Crippen LogP contribution < -0.4 is 5.73 Å². The number of carbonyl (C=O) groups is 3. The first kappa shape index (κ1) is 15.3. The highest BCUT2D eigenvalue weighted by Gasteiger charge is 2.39. The van der Waals surface area contributed by atoms with Gasteiger partial charge in [0.25, 0.3) is 0 Å². The second-order valence-corrected chi connectivity index (χ2v) is 5.26. The minimum atomic E-state index is -0.852. The molecule has 0 spiro atoms. The van der Waals surface area contributed by atoms with Gasteiger partial charge < -0.3 is 20.6 Å². The summed E-state index contributed by atoms with van der Waals surface area (Å²) in [5, 5.41) is 8.88. The summed E-state index contributed by atoms with van der Waals surface area (Å²) >= 11 is 0. The molecule has 1 heterocycles. The van der Waals surface area contributed by atoms with Gasteiger partial charge in [0, 0.05) is 25.0 Å². The SMILES string of the molecule is CC(C(=O)O)C1CN(C(=O)N(CC(N)=O)C(C)C)C1. The lowest BCUT2D eigenvalue weighted by Crippen LogP contribution is -2.59. The van der Waals surface area contributed by atoms with Crippen molar-refractivity contribution in [2.45, 2.75) is 26.8 Å². The number of carboxylic acid groups (broad SMARTS) is 1. The molecule has 108 valence electrons. The van der Waals surface area contributed by atoms with Crippen molar-refractivity contribution in [1.82, 2.24) is 9.80 Å². The molecule has 19 heavy (non-hydrogen) atoms. The van der Waals surface area contributed by atoms with E-state index in [-0.39, 0.29) is 24.5 Å². The largest absolute Gasteiger partial charge is 0.481 e. The molecule has 1 rings (SSSR count). The maximum atomic E-state index is 12.1. The lowest BCUT2D eigenvalue weighted by Gasteiger charge is -2.44. The quantitative estimate of drug-likeness (QED) is 0.731. The Balaban J connectivity index is 2.55. The Labute approximate surface area is 112 Å². The van der Waals surface area contributed by atoms with E-state index in [1.807, 2.05) is 0 Å². The van der Waals surface area contributed by atoms with Crippen molar-refractivity contribution in [2.75, 3.05) is 19.6 Å². The normalized spacial score (nSPS) is 16.9. The molecular formula is C12H21N3O4. The highest BCUT2D eigenvalue weighted by molar-refractivity contribution is 5.83. The number of likely N-dealkylation sites (tertiary alicyclic amines) is 1. The van der Waals surface area contributed by atoms with Crippen LogP contribution in [0.5, 0.6) is 0 Å². The van der Waals surface area contributed by atoms with Crippen LogP contribution in [0.2, 0.25) is 0 Å². The van der Waals surface area contributed by atoms with Crippen LogP contribution in [0.4, 0.5) is 4.79 Å². The van der Waals surface area contributed by atoms with Gasteiger partial charge in [-0.25, -0.2) is 4.79 Å². The fourth-order valence-electron chi connectivity index (χ4n) is 2.01. The Morgan fingerprint density at radius 2 is 1.84 bits per heavy atom. The first-order chi connectivity index (χ1) is 8.73. The van der Waals surface area contributed by atoms with E-state index in [0.29, 0.717) is 13.1 Å². The topological polar surface area (TPSA) is 104 Å². The molecule has 0 aromatic carbocycles. The molecule has 1 fully saturated rings. The summed E-state index contributed by atoms with van der Waals surface area (Å²) in [5.74, 6) is -1.90. The fraction of sp³-hybridized carbons (Fsp3) is 0.750. The number of urea groups is 1. The Bertz CT molecular complexity index is 377. The van der Waals surface area contributed by atoms with Crippen molar-refractivity contribution in [3.05, 3.63) is 0 Å². The zero-order valence-corrected chi connectivity index (χ0v) is 11.5. The molecule has 0 aromatic rings. The van der Waals surface area contributed by atoms with Gasteiger partial charge >= 0.3 is 12.0 Å². The van der Waals surface area contributed by atoms with Crippen LogP contribution >= 0.6 is 0 Å². The predicted molar refractivity (Wildman–Crippen MR) is 68.3 cm³/mol. The molecule has 7 heteroatoms. The molecule has 3 amide bonds. The molecule has 3 N–H and O–H groups in total. The van der Waals surface area contributed by atoms with E-state index in [1.165, 1.54) is 4.90 Å². The number of hydrogen-bond donors (Lipinski definition) is 2. The number of rotatable bonds is 5. The van der Waals surface area contributed by atoms with Crippen molar-refractivity contribution in [3.63, 3.8) is 0 Å². The van der Waals surface area contributed by atoms with Gasteiger partial charge in [0.15, 0.2) is 0 Å². The standard InChI is InChI=1S/C12H21N3O4/c1-7(2)15(6-10(13)16)12(19)14-4-9(5-14)8(3)11(17)18/h7-9H,4-6H2,1-3H3,(H2,13,16)(H,17,18). The third kappa shape index (κ3) is 3.59. The molecule has 1 unspecified atom stereocenters. The highest BCUT2D eigenvalue weighted by Crippen LogP contribution is 2.25. The van der Waals surface area contributed by atoms with E-state index in [9.17, 15) is 14.4 Å². The number of aliphatic carboxylic acids is 1. The molecule has 0 aliphatic carbocycles. The van der Waals surface area contributed by atoms with E-state index in [0.717, 1.165) is 0 Å². The molecule has 0 saturated carbocycles. The zero-order valence-electron chi connectivity index (χ0n) is 11.5. The molecule has 1 atom stereocenters. The van der Waals surface area contributed by atoms with Gasteiger partial charge in [0.05, 0.1) is 5.92 Å². The number of nitrogens with two attached hydrogens (primary N) is 1. The lowest BCUT2D eigenvalue weighted by atomic mass is 9.87. The number of nitrogens with zero attached hydrogens (tertiary/aromatic N) is 2. The third-order valence-electron chi connectivity index (χ3n) is 3.47. The Morgan fingerprint density at radius 1 is 1.32 bits per heavy atom. The fourth-order valence-corrected chi connectivity index (χ4v) is 2.01. The van der Waals surface area contributed by atoms with E-state index < -0.39 is 17.8 Å². The third-order valence-corrected chi connectivity index (χ3v) is 3.47. The van der Waals surface area contributed by atoms with Gasteiger partial charge in [-0.15, -0.1) is 0 Å². The van der Waals surface area contributed by atoms with Crippen LogP contribution in [0, 0.1) is 11.8 Å². The van der Waals surface area contributed by atoms with Gasteiger partial charge in [-0.2, -0.15) is 0 Å². The molecular weight excluding hydrogens is 250 g/mol. The molecule has 0 radical (unpaired) electrons. The molecule has 1 saturated heterocycles. The van der Waals surface area contributed by atoms with Crippen molar-refractivity contribution in [2.24, 2.45) is 17.6 Å². The van der Waals surface area contributed by atoms with Crippen LogP contribution in [-0.2, 0) is 9.59 Å². The summed E-state index contributed by atoms with van der Waals surface area (Å²) in [6, 6.07) is -0.390. The summed E-state index contributed by atoms with van der Waals surface area (Å²) in [5.41, 5.74) is 5.11. The van der Waals surface area contributed by atoms with Crippen molar-refractivity contribution >= 4 is 17.9 Å². The van der Waals surface area contributed by atoms with Crippen LogP contribution in [0.15, 0.2) is 0 Å². The van der Waals surface area contributed by atoms with Gasteiger partial charge in [-0.1, -0.05) is 6.92 Å². The molecule has 0 aromatic heterocycles. The summed E-state index contributed by atoms with van der Waals surface area (Å²) in [6.07, 6.45) is 0. The molecule has 1 aliphatic heterocycles. The van der Waals surface area contributed by atoms with Crippen molar-refractivity contribution < 1.29 is 19.5 Å². The Morgan fingerprint density at radius 3 is 2.21 bits per heavy atom. The summed E-state index contributed by atoms with van der Waals surface area (Å²) in [4.78, 5) is 36.8. The van der Waals surface area contributed by atoms with E-state index >= 15 is 0 Å². The summed E-state index contributed by atoms with van der Waals surface area (Å²) in [7, 11) is 0. The first-order valence-corrected chi connectivity index (χ1v) is 6.30. The van der Waals surface area contributed by atoms with Crippen molar-refractivity contribution in [3.8, 4) is 0 Å². The Hall–Kier alpha value is -1.79. The predicted octanol–water partition coefficient (Wildman–Crippen LogP) is -0.0454. The number of carbonyl (C=O) groups excluding carboxylic acids is 2. The number of carboxylic acids is 1. The highest BCUT2D eigenvalue weighted by atomic mass is 16.4. The van der Waals surface area contributed by atoms with Crippen molar-refractivity contribution in [1.29, 1.82) is 0 Å². The average molecular weight is 271 g/mol. The maximum absolute atomic E-state index is 12.1. The van der Waals surface area contributed by atoms with Gasteiger partial charge in [0.1, 0.15) is 6.54 Å². The average Bonchev–Trinajstić information content (AvgIpc) is 2.22. The number of hydrogen-bond acceptors (Lipinski definition) is 3. The van der Waals surface area contributed by atoms with Crippen LogP contribution in [0.3, 0.4) is 0 Å². The monoisotopic (exact) mass is 271 g/mol. The number of primary amides is 1. The molecule has 1 aliphatic rings. The van der Waals surface area contributed by atoms with E-state index in [2.05, 4.69) is 0 Å². The van der Waals surface area contributed by atoms with Crippen LogP contribution in [0.25, 0.3) is 0 Å². The lowest BCUT2D eigenvalue weighted by molar-refractivity contribution is -0.144. The smallest absolute Gasteiger partial charge is 0.320 e. The first-order valence-electron chi connectivity index (χ1n) is 6.30. The molecule has 7 nitrogen and oxygen atoms in total. The van der Waals surface area contributed by atoms with Crippen LogP contribution in [-0.4, -0.2) is 58.5 Å². The summed E-state index contributed by atoms with van der Waals surface area (Å²) in [6.45, 7) is 5.95. The van der Waals surface area contributed by atoms with Gasteiger partial charge in [-0.3, -0.25) is 9.59 Å². The van der Waals surface area contributed by atoms with Gasteiger partial charge in [-0.05, 0) is 13.8 Å². The second kappa shape index (κ2) is 5.90.